The molecule has 3 heteroatoms. The van der Waals surface area contributed by atoms with Crippen LogP contribution in [-0.2, 0) is 0 Å². The van der Waals surface area contributed by atoms with Gasteiger partial charge in [0, 0.05) is 32.9 Å². The minimum Gasteiger partial charge on any atom is -0.309 e. The zero-order valence-corrected chi connectivity index (χ0v) is 35.6. The molecule has 2 aromatic heterocycles. The summed E-state index contributed by atoms with van der Waals surface area (Å²) < 4.78 is 4.97. The molecule has 0 bridgehead atoms. The second-order valence-corrected chi connectivity index (χ2v) is 20.3. The van der Waals surface area contributed by atoms with Gasteiger partial charge in [-0.05, 0) is 85.5 Å². The maximum Gasteiger partial charge on any atom is 0.179 e. The average molecular weight is 819 g/mol. The predicted molar refractivity (Wildman–Crippen MR) is 270 cm³/mol. The van der Waals surface area contributed by atoms with E-state index in [0.717, 1.165) is 11.4 Å². The van der Waals surface area contributed by atoms with E-state index in [1.54, 1.807) is 0 Å². The molecule has 2 heterocycles. The molecule has 0 radical (unpaired) electrons. The van der Waals surface area contributed by atoms with Gasteiger partial charge in [-0.15, -0.1) is 0 Å². The predicted octanol–water partition coefficient (Wildman–Crippen LogP) is 12.6. The molecule has 0 amide bonds. The van der Waals surface area contributed by atoms with E-state index in [1.165, 1.54) is 86.6 Å². The van der Waals surface area contributed by atoms with Crippen LogP contribution in [0.5, 0.6) is 0 Å². The molecule has 2 nitrogen and oxygen atoms in total. The van der Waals surface area contributed by atoms with E-state index in [1.807, 2.05) is 0 Å². The summed E-state index contributed by atoms with van der Waals surface area (Å²) in [7, 11) is -2.92. The molecule has 12 rings (SSSR count). The second kappa shape index (κ2) is 15.2. The molecular formula is C60H42N2Si. The topological polar surface area (TPSA) is 9.86 Å². The Hall–Kier alpha value is -7.98. The van der Waals surface area contributed by atoms with Gasteiger partial charge in [0.1, 0.15) is 0 Å². The van der Waals surface area contributed by atoms with Gasteiger partial charge in [0.2, 0.25) is 0 Å². The van der Waals surface area contributed by atoms with Crippen LogP contribution in [0.25, 0.3) is 77.2 Å². The maximum atomic E-state index is 2.54. The molecule has 63 heavy (non-hydrogen) atoms. The molecule has 12 aromatic rings. The van der Waals surface area contributed by atoms with Crippen molar-refractivity contribution in [3.8, 4) is 33.6 Å². The van der Waals surface area contributed by atoms with Crippen molar-refractivity contribution in [3.05, 3.63) is 255 Å². The van der Waals surface area contributed by atoms with E-state index in [9.17, 15) is 0 Å². The maximum absolute atomic E-state index is 2.92. The highest BCUT2D eigenvalue weighted by atomic mass is 28.3. The number of fused-ring (bicyclic) bond motifs is 6. The van der Waals surface area contributed by atoms with Gasteiger partial charge >= 0.3 is 0 Å². The van der Waals surface area contributed by atoms with Gasteiger partial charge < -0.3 is 9.13 Å². The molecular weight excluding hydrogens is 777 g/mol. The number of rotatable bonds is 8. The lowest BCUT2D eigenvalue weighted by atomic mass is 9.99. The normalized spacial score (nSPS) is 11.8. The van der Waals surface area contributed by atoms with Crippen LogP contribution in [0.4, 0.5) is 0 Å². The van der Waals surface area contributed by atoms with Crippen LogP contribution in [0.1, 0.15) is 0 Å². The molecule has 10 aromatic carbocycles. The molecule has 0 fully saturated rings. The first-order chi connectivity index (χ1) is 31.3. The van der Waals surface area contributed by atoms with Gasteiger partial charge in [-0.25, -0.2) is 0 Å². The van der Waals surface area contributed by atoms with Crippen LogP contribution < -0.4 is 20.7 Å². The van der Waals surface area contributed by atoms with E-state index in [2.05, 4.69) is 264 Å². The highest BCUT2D eigenvalue weighted by Crippen LogP contribution is 2.40. The molecule has 0 N–H and O–H groups in total. The lowest BCUT2D eigenvalue weighted by Gasteiger charge is -2.35. The van der Waals surface area contributed by atoms with Gasteiger partial charge in [0.05, 0.1) is 22.1 Å². The lowest BCUT2D eigenvalue weighted by Crippen LogP contribution is -2.74. The number of para-hydroxylation sites is 2. The monoisotopic (exact) mass is 818 g/mol. The minimum absolute atomic E-state index is 1.13. The van der Waals surface area contributed by atoms with Gasteiger partial charge in [0.15, 0.2) is 8.07 Å². The van der Waals surface area contributed by atoms with Crippen LogP contribution in [0.3, 0.4) is 0 Å². The number of hydrogen-bond acceptors (Lipinski definition) is 0. The summed E-state index contributed by atoms with van der Waals surface area (Å²) in [4.78, 5) is 0. The van der Waals surface area contributed by atoms with E-state index in [-0.39, 0.29) is 0 Å². The third-order valence-electron chi connectivity index (χ3n) is 13.1. The number of nitrogens with zero attached hydrogens (tertiary/aromatic N) is 2. The Kier molecular flexibility index (Phi) is 8.87. The third-order valence-corrected chi connectivity index (χ3v) is 17.8. The SMILES string of the molecule is c1ccc(-c2ccc(-n3c4ccccc4c4ccc(-n5c6ccccc6c6c(-c7ccccc7)cc([Si](c7ccccc7)(c7ccccc7)c7ccccc7)cc65)cc43)cc2)cc1. The highest BCUT2D eigenvalue weighted by molar-refractivity contribution is 7.20. The Morgan fingerprint density at radius 3 is 1.27 bits per heavy atom. The van der Waals surface area contributed by atoms with Crippen molar-refractivity contribution >= 4 is 72.4 Å². The summed E-state index contributed by atoms with van der Waals surface area (Å²) in [5.41, 5.74) is 11.9. The van der Waals surface area contributed by atoms with Crippen molar-refractivity contribution < 1.29 is 0 Å². The third kappa shape index (κ3) is 5.93. The van der Waals surface area contributed by atoms with Crippen LogP contribution in [0.15, 0.2) is 255 Å². The first-order valence-electron chi connectivity index (χ1n) is 21.8. The number of hydrogen-bond donors (Lipinski definition) is 0. The fourth-order valence-corrected chi connectivity index (χ4v) is 15.1. The van der Waals surface area contributed by atoms with E-state index < -0.39 is 8.07 Å². The van der Waals surface area contributed by atoms with Gasteiger partial charge in [0.25, 0.3) is 0 Å². The number of aromatic nitrogens is 2. The van der Waals surface area contributed by atoms with Crippen molar-refractivity contribution in [1.29, 1.82) is 0 Å². The lowest BCUT2D eigenvalue weighted by molar-refractivity contribution is 1.15. The molecule has 0 aliphatic heterocycles. The largest absolute Gasteiger partial charge is 0.309 e. The van der Waals surface area contributed by atoms with E-state index in [4.69, 9.17) is 0 Å². The van der Waals surface area contributed by atoms with Crippen LogP contribution in [0.2, 0.25) is 0 Å². The Labute approximate surface area is 368 Å². The molecule has 0 atom stereocenters. The Balaban J connectivity index is 1.18. The van der Waals surface area contributed by atoms with E-state index >= 15 is 0 Å². The summed E-state index contributed by atoms with van der Waals surface area (Å²) >= 11 is 0. The summed E-state index contributed by atoms with van der Waals surface area (Å²) in [6.45, 7) is 0. The molecule has 0 aliphatic rings. The van der Waals surface area contributed by atoms with E-state index in [0.29, 0.717) is 0 Å². The molecule has 0 saturated carbocycles. The smallest absolute Gasteiger partial charge is 0.179 e. The molecule has 0 aliphatic carbocycles. The van der Waals surface area contributed by atoms with Crippen LogP contribution in [-0.4, -0.2) is 17.2 Å². The summed E-state index contributed by atoms with van der Waals surface area (Å²) in [6, 6.07) is 94.4. The first-order valence-corrected chi connectivity index (χ1v) is 23.8. The zero-order chi connectivity index (χ0) is 41.7. The van der Waals surface area contributed by atoms with Crippen LogP contribution >= 0.6 is 0 Å². The van der Waals surface area contributed by atoms with Crippen molar-refractivity contribution in [1.82, 2.24) is 9.13 Å². The Morgan fingerprint density at radius 1 is 0.254 bits per heavy atom. The molecule has 0 saturated heterocycles. The molecule has 0 spiro atoms. The Bertz CT molecular complexity index is 3480. The van der Waals surface area contributed by atoms with Gasteiger partial charge in [-0.1, -0.05) is 212 Å². The standard InChI is InChI=1S/C60H42N2Si/c1-6-20-43(21-7-1)44-34-36-46(37-35-44)61-56-32-18-16-30-52(56)53-39-38-47(40-58(53)61)62-57-33-19-17-31-54(57)60-55(45-22-8-2-9-23-45)41-51(42-59(60)62)63(48-24-10-3-11-25-48,49-26-12-4-13-27-49)50-28-14-5-15-29-50/h1-42H. The highest BCUT2D eigenvalue weighted by Gasteiger charge is 2.42. The fraction of sp³-hybridized carbons (Fsp3) is 0. The number of benzene rings is 10. The zero-order valence-electron chi connectivity index (χ0n) is 34.6. The quantitative estimate of drug-likeness (QED) is 0.107. The van der Waals surface area contributed by atoms with Crippen molar-refractivity contribution in [2.24, 2.45) is 0 Å². The van der Waals surface area contributed by atoms with Crippen molar-refractivity contribution in [2.75, 3.05) is 0 Å². The van der Waals surface area contributed by atoms with Crippen LogP contribution in [0, 0.1) is 0 Å². The molecule has 296 valence electrons. The fourth-order valence-electron chi connectivity index (χ4n) is 10.3. The summed E-state index contributed by atoms with van der Waals surface area (Å²) in [5, 5.41) is 10.4. The molecule has 0 unspecified atom stereocenters. The van der Waals surface area contributed by atoms with Gasteiger partial charge in [-0.3, -0.25) is 0 Å². The Morgan fingerprint density at radius 2 is 0.683 bits per heavy atom. The first kappa shape index (κ1) is 36.8. The minimum atomic E-state index is -2.92. The van der Waals surface area contributed by atoms with Gasteiger partial charge in [-0.2, -0.15) is 0 Å². The average Bonchev–Trinajstić information content (AvgIpc) is 3.88. The van der Waals surface area contributed by atoms with Crippen molar-refractivity contribution in [2.45, 2.75) is 0 Å². The summed E-state index contributed by atoms with van der Waals surface area (Å²) in [5.74, 6) is 0. The summed E-state index contributed by atoms with van der Waals surface area (Å²) in [6.07, 6.45) is 0. The second-order valence-electron chi connectivity index (χ2n) is 16.5. The van der Waals surface area contributed by atoms with Crippen molar-refractivity contribution in [3.63, 3.8) is 0 Å².